The van der Waals surface area contributed by atoms with Crippen molar-refractivity contribution in [1.29, 1.82) is 0 Å². The van der Waals surface area contributed by atoms with Crippen molar-refractivity contribution in [1.82, 2.24) is 4.72 Å². The number of benzene rings is 1. The quantitative estimate of drug-likeness (QED) is 0.701. The van der Waals surface area contributed by atoms with Crippen LogP contribution >= 0.6 is 0 Å². The van der Waals surface area contributed by atoms with Gasteiger partial charge in [-0.15, -0.1) is 0 Å². The van der Waals surface area contributed by atoms with Crippen LogP contribution in [0.15, 0.2) is 40.3 Å². The van der Waals surface area contributed by atoms with Crippen LogP contribution in [0.3, 0.4) is 0 Å². The summed E-state index contributed by atoms with van der Waals surface area (Å²) in [6.07, 6.45) is 0. The van der Waals surface area contributed by atoms with Gasteiger partial charge in [-0.1, -0.05) is 6.07 Å². The molecule has 0 unspecified atom stereocenters. The topological polar surface area (TPSA) is 113 Å². The zero-order chi connectivity index (χ0) is 16.2. The van der Waals surface area contributed by atoms with Gasteiger partial charge in [-0.25, -0.2) is 17.9 Å². The molecule has 21 heavy (non-hydrogen) atoms. The normalized spacial score (nSPS) is 12.5. The fourth-order valence-corrected chi connectivity index (χ4v) is 2.19. The maximum Gasteiger partial charge on any atom is 0.331 e. The van der Waals surface area contributed by atoms with Crippen LogP contribution in [0.4, 0.5) is 5.69 Å². The molecule has 0 saturated carbocycles. The van der Waals surface area contributed by atoms with E-state index in [9.17, 15) is 18.0 Å². The fraction of sp³-hybridized carbons (Fsp3) is 0.231. The number of carboxylic acid groups (broad SMARTS) is 1. The largest absolute Gasteiger partial charge is 0.478 e. The average molecular weight is 312 g/mol. The van der Waals surface area contributed by atoms with E-state index in [-0.39, 0.29) is 21.7 Å². The van der Waals surface area contributed by atoms with Crippen LogP contribution in [-0.2, 0) is 19.6 Å². The predicted molar refractivity (Wildman–Crippen MR) is 77.3 cm³/mol. The molecule has 0 atom stereocenters. The van der Waals surface area contributed by atoms with E-state index in [0.717, 1.165) is 0 Å². The first-order chi connectivity index (χ1) is 9.69. The summed E-state index contributed by atoms with van der Waals surface area (Å²) in [5.74, 6) is -1.79. The highest BCUT2D eigenvalue weighted by molar-refractivity contribution is 7.89. The van der Waals surface area contributed by atoms with Gasteiger partial charge in [0.25, 0.3) is 5.91 Å². The molecular weight excluding hydrogens is 296 g/mol. The van der Waals surface area contributed by atoms with Gasteiger partial charge in [0, 0.05) is 16.8 Å². The molecule has 0 aromatic heterocycles. The minimum atomic E-state index is -3.61. The number of nitrogens with one attached hydrogen (secondary N) is 2. The third-order valence-electron chi connectivity index (χ3n) is 2.89. The molecular formula is C13H16N2O5S. The third kappa shape index (κ3) is 4.14. The lowest BCUT2D eigenvalue weighted by Gasteiger charge is -2.09. The molecule has 0 aliphatic heterocycles. The Bertz CT molecular complexity index is 707. The van der Waals surface area contributed by atoms with Gasteiger partial charge in [-0.05, 0) is 39.1 Å². The van der Waals surface area contributed by atoms with Gasteiger partial charge >= 0.3 is 5.97 Å². The Hall–Kier alpha value is -2.19. The van der Waals surface area contributed by atoms with Crippen molar-refractivity contribution in [2.24, 2.45) is 0 Å². The van der Waals surface area contributed by atoms with Gasteiger partial charge in [-0.3, -0.25) is 4.79 Å². The first-order valence-corrected chi connectivity index (χ1v) is 7.43. The Morgan fingerprint density at radius 1 is 1.14 bits per heavy atom. The highest BCUT2D eigenvalue weighted by Gasteiger charge is 2.15. The van der Waals surface area contributed by atoms with E-state index in [0.29, 0.717) is 0 Å². The van der Waals surface area contributed by atoms with Crippen LogP contribution in [0.1, 0.15) is 13.8 Å². The van der Waals surface area contributed by atoms with Crippen molar-refractivity contribution in [2.75, 3.05) is 12.4 Å². The Labute approximate surface area is 122 Å². The molecule has 1 amide bonds. The summed E-state index contributed by atoms with van der Waals surface area (Å²) in [4.78, 5) is 22.7. The smallest absolute Gasteiger partial charge is 0.331 e. The second-order valence-corrected chi connectivity index (χ2v) is 6.13. The molecule has 0 spiro atoms. The first kappa shape index (κ1) is 16.9. The average Bonchev–Trinajstić information content (AvgIpc) is 2.45. The number of amides is 1. The van der Waals surface area contributed by atoms with Crippen LogP contribution in [-0.4, -0.2) is 32.4 Å². The summed E-state index contributed by atoms with van der Waals surface area (Å²) >= 11 is 0. The number of carbonyl (C=O) groups excluding carboxylic acids is 1. The highest BCUT2D eigenvalue weighted by atomic mass is 32.2. The van der Waals surface area contributed by atoms with Crippen molar-refractivity contribution in [3.8, 4) is 0 Å². The van der Waals surface area contributed by atoms with Gasteiger partial charge in [0.05, 0.1) is 4.90 Å². The molecule has 0 aliphatic carbocycles. The van der Waals surface area contributed by atoms with Crippen LogP contribution < -0.4 is 10.0 Å². The molecule has 0 heterocycles. The summed E-state index contributed by atoms with van der Waals surface area (Å²) in [5.41, 5.74) is 0.227. The summed E-state index contributed by atoms with van der Waals surface area (Å²) in [6, 6.07) is 5.65. The third-order valence-corrected chi connectivity index (χ3v) is 4.31. The molecule has 0 aliphatic rings. The number of hydrogen-bond acceptors (Lipinski definition) is 4. The number of rotatable bonds is 5. The number of anilines is 1. The number of carbonyl (C=O) groups is 2. The zero-order valence-electron chi connectivity index (χ0n) is 11.8. The summed E-state index contributed by atoms with van der Waals surface area (Å²) in [5, 5.41) is 11.3. The van der Waals surface area contributed by atoms with E-state index >= 15 is 0 Å². The maximum absolute atomic E-state index is 11.9. The van der Waals surface area contributed by atoms with Crippen LogP contribution in [0.5, 0.6) is 0 Å². The molecule has 3 N–H and O–H groups in total. The van der Waals surface area contributed by atoms with E-state index in [1.54, 1.807) is 0 Å². The molecule has 7 nitrogen and oxygen atoms in total. The molecule has 1 aromatic rings. The van der Waals surface area contributed by atoms with Gasteiger partial charge in [0.1, 0.15) is 0 Å². The van der Waals surface area contributed by atoms with Crippen molar-refractivity contribution < 1.29 is 23.1 Å². The van der Waals surface area contributed by atoms with Crippen LogP contribution in [0, 0.1) is 0 Å². The van der Waals surface area contributed by atoms with Gasteiger partial charge in [0.15, 0.2) is 0 Å². The molecule has 0 radical (unpaired) electrons. The maximum atomic E-state index is 11.9. The standard InChI is InChI=1S/C13H16N2O5S/c1-8(9(2)13(17)18)12(16)15-10-5-4-6-11(7-10)21(19,20)14-3/h4-7,14H,1-3H3,(H,15,16)(H,17,18). The summed E-state index contributed by atoms with van der Waals surface area (Å²) < 4.78 is 25.5. The highest BCUT2D eigenvalue weighted by Crippen LogP contribution is 2.16. The van der Waals surface area contributed by atoms with Crippen LogP contribution in [0.25, 0.3) is 0 Å². The Balaban J connectivity index is 3.06. The van der Waals surface area contributed by atoms with Crippen molar-refractivity contribution in [3.63, 3.8) is 0 Å². The SMILES string of the molecule is CNS(=O)(=O)c1cccc(NC(=O)C(C)=C(C)C(=O)O)c1. The minimum absolute atomic E-state index is 0.000566. The number of carboxylic acids is 1. The predicted octanol–water partition coefficient (Wildman–Crippen LogP) is 0.954. The lowest BCUT2D eigenvalue weighted by atomic mass is 10.1. The molecule has 1 aromatic carbocycles. The molecule has 0 saturated heterocycles. The summed E-state index contributed by atoms with van der Waals surface area (Å²) in [6.45, 7) is 2.70. The molecule has 0 fully saturated rings. The lowest BCUT2D eigenvalue weighted by molar-refractivity contribution is -0.133. The second kappa shape index (κ2) is 6.51. The van der Waals surface area contributed by atoms with Crippen molar-refractivity contribution >= 4 is 27.6 Å². The molecule has 8 heteroatoms. The van der Waals surface area contributed by atoms with Gasteiger partial charge in [-0.2, -0.15) is 0 Å². The van der Waals surface area contributed by atoms with E-state index in [2.05, 4.69) is 10.0 Å². The van der Waals surface area contributed by atoms with Crippen LogP contribution in [0.2, 0.25) is 0 Å². The van der Waals surface area contributed by atoms with E-state index in [1.165, 1.54) is 45.2 Å². The van der Waals surface area contributed by atoms with Gasteiger partial charge < -0.3 is 10.4 Å². The minimum Gasteiger partial charge on any atom is -0.478 e. The van der Waals surface area contributed by atoms with Crippen molar-refractivity contribution in [2.45, 2.75) is 18.7 Å². The van der Waals surface area contributed by atoms with E-state index in [1.807, 2.05) is 0 Å². The Morgan fingerprint density at radius 3 is 2.29 bits per heavy atom. The fourth-order valence-electron chi connectivity index (χ4n) is 1.41. The lowest BCUT2D eigenvalue weighted by Crippen LogP contribution is -2.19. The number of hydrogen-bond donors (Lipinski definition) is 3. The molecule has 1 rings (SSSR count). The monoisotopic (exact) mass is 312 g/mol. The van der Waals surface area contributed by atoms with Gasteiger partial charge in [0.2, 0.25) is 10.0 Å². The first-order valence-electron chi connectivity index (χ1n) is 5.94. The Kier molecular flexibility index (Phi) is 5.23. The number of sulfonamides is 1. The molecule has 114 valence electrons. The second-order valence-electron chi connectivity index (χ2n) is 4.24. The number of aliphatic carboxylic acids is 1. The zero-order valence-corrected chi connectivity index (χ0v) is 12.6. The van der Waals surface area contributed by atoms with Crippen molar-refractivity contribution in [3.05, 3.63) is 35.4 Å². The van der Waals surface area contributed by atoms with E-state index < -0.39 is 21.9 Å². The summed E-state index contributed by atoms with van der Waals surface area (Å²) in [7, 11) is -2.33. The Morgan fingerprint density at radius 2 is 1.76 bits per heavy atom. The molecule has 0 bridgehead atoms. The van der Waals surface area contributed by atoms with E-state index in [4.69, 9.17) is 5.11 Å².